The molecule has 0 radical (unpaired) electrons. The summed E-state index contributed by atoms with van der Waals surface area (Å²) in [5.74, 6) is -1.93. The number of aryl methyl sites for hydroxylation is 1. The zero-order valence-corrected chi connectivity index (χ0v) is 10.1. The van der Waals surface area contributed by atoms with Gasteiger partial charge in [0.25, 0.3) is 0 Å². The zero-order valence-electron chi connectivity index (χ0n) is 9.24. The smallest absolute Gasteiger partial charge is 0.338 e. The van der Waals surface area contributed by atoms with Gasteiger partial charge in [-0.05, 0) is 41.1 Å². The van der Waals surface area contributed by atoms with Crippen molar-refractivity contribution in [2.24, 2.45) is 0 Å². The van der Waals surface area contributed by atoms with Crippen molar-refractivity contribution in [3.05, 3.63) is 46.6 Å². The van der Waals surface area contributed by atoms with E-state index in [1.54, 1.807) is 6.07 Å². The van der Waals surface area contributed by atoms with Crippen molar-refractivity contribution < 1.29 is 14.3 Å². The molecule has 1 aromatic heterocycles. The summed E-state index contributed by atoms with van der Waals surface area (Å²) >= 11 is 1.54. The Morgan fingerprint density at radius 3 is 2.71 bits per heavy atom. The first-order valence-corrected chi connectivity index (χ1v) is 6.10. The second-order valence-corrected chi connectivity index (χ2v) is 4.58. The summed E-state index contributed by atoms with van der Waals surface area (Å²) in [6.45, 7) is 2.06. The molecule has 0 aliphatic rings. The fourth-order valence-electron chi connectivity index (χ4n) is 1.55. The number of carbonyl (C=O) groups is 1. The zero-order chi connectivity index (χ0) is 12.4. The average molecular weight is 250 g/mol. The topological polar surface area (TPSA) is 37.3 Å². The third-order valence-corrected chi connectivity index (χ3v) is 3.57. The standard InChI is InChI=1S/C13H11FO2S/c1-2-8-5-12(17-7-8)9-3-4-10(13(15)16)11(14)6-9/h3-7H,2H2,1H3,(H,15,16). The van der Waals surface area contributed by atoms with E-state index in [2.05, 4.69) is 6.92 Å². The van der Waals surface area contributed by atoms with Gasteiger partial charge in [-0.15, -0.1) is 11.3 Å². The van der Waals surface area contributed by atoms with Crippen molar-refractivity contribution in [1.82, 2.24) is 0 Å². The molecule has 0 aliphatic carbocycles. The molecule has 1 N–H and O–H groups in total. The van der Waals surface area contributed by atoms with Crippen LogP contribution in [0.1, 0.15) is 22.8 Å². The molecule has 0 atom stereocenters. The molecule has 4 heteroatoms. The minimum atomic E-state index is -1.24. The van der Waals surface area contributed by atoms with E-state index in [0.717, 1.165) is 16.9 Å². The first kappa shape index (κ1) is 11.8. The molecule has 0 fully saturated rings. The Bertz CT molecular complexity index is 560. The number of rotatable bonds is 3. The highest BCUT2D eigenvalue weighted by Crippen LogP contribution is 2.28. The van der Waals surface area contributed by atoms with E-state index < -0.39 is 11.8 Å². The van der Waals surface area contributed by atoms with Crippen LogP contribution in [-0.2, 0) is 6.42 Å². The molecule has 2 aromatic rings. The lowest BCUT2D eigenvalue weighted by Crippen LogP contribution is -1.99. The number of hydrogen-bond acceptors (Lipinski definition) is 2. The Hall–Kier alpha value is -1.68. The molecule has 1 heterocycles. The minimum Gasteiger partial charge on any atom is -0.478 e. The number of aromatic carboxylic acids is 1. The van der Waals surface area contributed by atoms with Crippen molar-refractivity contribution in [1.29, 1.82) is 0 Å². The van der Waals surface area contributed by atoms with E-state index >= 15 is 0 Å². The molecular weight excluding hydrogens is 239 g/mol. The van der Waals surface area contributed by atoms with E-state index in [0.29, 0.717) is 0 Å². The van der Waals surface area contributed by atoms with Gasteiger partial charge >= 0.3 is 5.97 Å². The third kappa shape index (κ3) is 2.36. The Labute approximate surface area is 102 Å². The van der Waals surface area contributed by atoms with Crippen LogP contribution in [0.3, 0.4) is 0 Å². The van der Waals surface area contributed by atoms with Crippen molar-refractivity contribution >= 4 is 17.3 Å². The Balaban J connectivity index is 2.40. The lowest BCUT2D eigenvalue weighted by molar-refractivity contribution is 0.0692. The Morgan fingerprint density at radius 2 is 2.18 bits per heavy atom. The Kier molecular flexibility index (Phi) is 3.24. The van der Waals surface area contributed by atoms with Crippen molar-refractivity contribution in [2.75, 3.05) is 0 Å². The van der Waals surface area contributed by atoms with Crippen molar-refractivity contribution in [3.8, 4) is 10.4 Å². The van der Waals surface area contributed by atoms with E-state index in [-0.39, 0.29) is 5.56 Å². The summed E-state index contributed by atoms with van der Waals surface area (Å²) < 4.78 is 13.5. The van der Waals surface area contributed by atoms with Crippen LogP contribution >= 0.6 is 11.3 Å². The van der Waals surface area contributed by atoms with Crippen LogP contribution in [0, 0.1) is 5.82 Å². The van der Waals surface area contributed by atoms with E-state index in [9.17, 15) is 9.18 Å². The molecule has 0 spiro atoms. The van der Waals surface area contributed by atoms with Crippen LogP contribution in [0.5, 0.6) is 0 Å². The van der Waals surface area contributed by atoms with Crippen molar-refractivity contribution in [2.45, 2.75) is 13.3 Å². The molecule has 0 amide bonds. The minimum absolute atomic E-state index is 0.291. The normalized spacial score (nSPS) is 10.5. The third-order valence-electron chi connectivity index (χ3n) is 2.55. The summed E-state index contributed by atoms with van der Waals surface area (Å²) in [5.41, 5.74) is 1.63. The predicted molar refractivity (Wildman–Crippen MR) is 66.1 cm³/mol. The molecule has 0 aliphatic heterocycles. The van der Waals surface area contributed by atoms with Gasteiger partial charge in [-0.1, -0.05) is 13.0 Å². The molecular formula is C13H11FO2S. The Morgan fingerprint density at radius 1 is 1.41 bits per heavy atom. The molecule has 0 bridgehead atoms. The molecule has 1 aromatic carbocycles. The van der Waals surface area contributed by atoms with Gasteiger partial charge in [0.1, 0.15) is 5.82 Å². The van der Waals surface area contributed by atoms with E-state index in [1.807, 2.05) is 11.4 Å². The first-order chi connectivity index (χ1) is 8.11. The number of carboxylic acids is 1. The summed E-state index contributed by atoms with van der Waals surface area (Å²) in [5, 5.41) is 10.8. The van der Waals surface area contributed by atoms with Crippen LogP contribution in [0.4, 0.5) is 4.39 Å². The SMILES string of the molecule is CCc1csc(-c2ccc(C(=O)O)c(F)c2)c1. The van der Waals surface area contributed by atoms with Crippen molar-refractivity contribution in [3.63, 3.8) is 0 Å². The molecule has 17 heavy (non-hydrogen) atoms. The average Bonchev–Trinajstić information content (AvgIpc) is 2.76. The fourth-order valence-corrected chi connectivity index (χ4v) is 2.55. The highest BCUT2D eigenvalue weighted by atomic mass is 32.1. The summed E-state index contributed by atoms with van der Waals surface area (Å²) in [6.07, 6.45) is 0.937. The van der Waals surface area contributed by atoms with Gasteiger partial charge in [0.05, 0.1) is 5.56 Å². The van der Waals surface area contributed by atoms with Crippen LogP contribution in [-0.4, -0.2) is 11.1 Å². The molecule has 88 valence electrons. The van der Waals surface area contributed by atoms with E-state index in [4.69, 9.17) is 5.11 Å². The molecule has 0 saturated carbocycles. The highest BCUT2D eigenvalue weighted by molar-refractivity contribution is 7.13. The van der Waals surface area contributed by atoms with Gasteiger partial charge < -0.3 is 5.11 Å². The summed E-state index contributed by atoms with van der Waals surface area (Å²) in [4.78, 5) is 11.6. The second-order valence-electron chi connectivity index (χ2n) is 3.67. The molecule has 2 rings (SSSR count). The number of carboxylic acid groups (broad SMARTS) is 1. The van der Waals surface area contributed by atoms with Crippen LogP contribution in [0.2, 0.25) is 0 Å². The molecule has 0 unspecified atom stereocenters. The number of halogens is 1. The largest absolute Gasteiger partial charge is 0.478 e. The van der Waals surface area contributed by atoms with Crippen LogP contribution in [0.15, 0.2) is 29.6 Å². The fraction of sp³-hybridized carbons (Fsp3) is 0.154. The predicted octanol–water partition coefficient (Wildman–Crippen LogP) is 3.81. The quantitative estimate of drug-likeness (QED) is 0.899. The highest BCUT2D eigenvalue weighted by Gasteiger charge is 2.11. The van der Waals surface area contributed by atoms with Gasteiger partial charge in [0, 0.05) is 4.88 Å². The van der Waals surface area contributed by atoms with Crippen LogP contribution in [0.25, 0.3) is 10.4 Å². The van der Waals surface area contributed by atoms with Gasteiger partial charge in [-0.25, -0.2) is 9.18 Å². The maximum absolute atomic E-state index is 13.5. The van der Waals surface area contributed by atoms with Gasteiger partial charge in [-0.2, -0.15) is 0 Å². The van der Waals surface area contributed by atoms with Crippen LogP contribution < -0.4 is 0 Å². The monoisotopic (exact) mass is 250 g/mol. The van der Waals surface area contributed by atoms with Gasteiger partial charge in [0.15, 0.2) is 0 Å². The first-order valence-electron chi connectivity index (χ1n) is 5.22. The molecule has 0 saturated heterocycles. The van der Waals surface area contributed by atoms with E-state index in [1.165, 1.54) is 29.0 Å². The summed E-state index contributed by atoms with van der Waals surface area (Å²) in [6, 6.07) is 6.21. The number of hydrogen-bond donors (Lipinski definition) is 1. The lowest BCUT2D eigenvalue weighted by Gasteiger charge is -2.00. The molecule has 2 nitrogen and oxygen atoms in total. The van der Waals surface area contributed by atoms with Gasteiger partial charge in [-0.3, -0.25) is 0 Å². The van der Waals surface area contributed by atoms with Gasteiger partial charge in [0.2, 0.25) is 0 Å². The summed E-state index contributed by atoms with van der Waals surface area (Å²) in [7, 11) is 0. The lowest BCUT2D eigenvalue weighted by atomic mass is 10.1. The maximum atomic E-state index is 13.5. The number of benzene rings is 1. The maximum Gasteiger partial charge on any atom is 0.338 e. The number of thiophene rings is 1. The second kappa shape index (κ2) is 4.67.